The van der Waals surface area contributed by atoms with E-state index in [9.17, 15) is 13.2 Å². The Kier molecular flexibility index (Phi) is 5.51. The Hall–Kier alpha value is -0.920. The number of hydrogen-bond donors (Lipinski definition) is 2. The van der Waals surface area contributed by atoms with Crippen LogP contribution in [0, 0.1) is 12.8 Å². The molecule has 0 radical (unpaired) electrons. The lowest BCUT2D eigenvalue weighted by Gasteiger charge is -2.11. The molecule has 0 spiro atoms. The largest absolute Gasteiger partial charge is 0.278 e. The maximum atomic E-state index is 12.0. The number of carbonyl (C=O) groups is 1. The molecule has 0 heterocycles. The summed E-state index contributed by atoms with van der Waals surface area (Å²) in [5.74, 6) is -0.191. The third kappa shape index (κ3) is 4.93. The van der Waals surface area contributed by atoms with Crippen molar-refractivity contribution < 1.29 is 13.2 Å². The minimum atomic E-state index is -3.76. The normalized spacial score (nSPS) is 11.6. The maximum absolute atomic E-state index is 12.0. The number of carbonyl (C=O) groups excluding carboxylic acids is 1. The van der Waals surface area contributed by atoms with E-state index in [1.54, 1.807) is 19.1 Å². The SMILES string of the molecule is Cc1ccc(Br)cc1S(=O)(=O)NNC(=O)CC(C)C. The van der Waals surface area contributed by atoms with Gasteiger partial charge in [-0.3, -0.25) is 10.2 Å². The highest BCUT2D eigenvalue weighted by atomic mass is 79.9. The van der Waals surface area contributed by atoms with E-state index in [0.717, 1.165) is 0 Å². The summed E-state index contributed by atoms with van der Waals surface area (Å²) >= 11 is 3.22. The third-order valence-electron chi connectivity index (χ3n) is 2.36. The summed E-state index contributed by atoms with van der Waals surface area (Å²) in [7, 11) is -3.76. The Balaban J connectivity index is 2.82. The van der Waals surface area contributed by atoms with Crippen LogP contribution in [0.2, 0.25) is 0 Å². The lowest BCUT2D eigenvalue weighted by Crippen LogP contribution is -2.42. The highest BCUT2D eigenvalue weighted by Gasteiger charge is 2.18. The van der Waals surface area contributed by atoms with Gasteiger partial charge in [-0.25, -0.2) is 8.42 Å². The van der Waals surface area contributed by atoms with Crippen LogP contribution in [0.3, 0.4) is 0 Å². The molecule has 2 N–H and O–H groups in total. The standard InChI is InChI=1S/C12H17BrN2O3S/c1-8(2)6-12(16)14-15-19(17,18)11-7-10(13)5-4-9(11)3/h4-5,7-8,15H,6H2,1-3H3,(H,14,16). The molecule has 5 nitrogen and oxygen atoms in total. The Bertz CT molecular complexity index is 570. The van der Waals surface area contributed by atoms with E-state index < -0.39 is 10.0 Å². The molecule has 0 unspecified atom stereocenters. The molecule has 0 atom stereocenters. The van der Waals surface area contributed by atoms with E-state index in [0.29, 0.717) is 10.0 Å². The van der Waals surface area contributed by atoms with Crippen molar-refractivity contribution in [2.75, 3.05) is 0 Å². The van der Waals surface area contributed by atoms with Crippen molar-refractivity contribution in [3.63, 3.8) is 0 Å². The van der Waals surface area contributed by atoms with Crippen LogP contribution in [0.15, 0.2) is 27.6 Å². The second-order valence-corrected chi connectivity index (χ2v) is 7.23. The molecule has 1 aromatic rings. The number of amides is 1. The topological polar surface area (TPSA) is 75.3 Å². The molecule has 19 heavy (non-hydrogen) atoms. The van der Waals surface area contributed by atoms with Crippen molar-refractivity contribution in [3.05, 3.63) is 28.2 Å². The molecule has 0 bridgehead atoms. The van der Waals surface area contributed by atoms with E-state index >= 15 is 0 Å². The molecule has 0 saturated carbocycles. The quantitative estimate of drug-likeness (QED) is 0.800. The molecule has 0 aliphatic heterocycles. The number of halogens is 1. The smallest absolute Gasteiger partial charge is 0.257 e. The number of rotatable bonds is 5. The zero-order chi connectivity index (χ0) is 14.6. The first-order valence-electron chi connectivity index (χ1n) is 5.79. The number of aryl methyl sites for hydroxylation is 1. The average molecular weight is 349 g/mol. The second kappa shape index (κ2) is 6.49. The maximum Gasteiger partial charge on any atom is 0.257 e. The highest BCUT2D eigenvalue weighted by Crippen LogP contribution is 2.20. The lowest BCUT2D eigenvalue weighted by atomic mass is 10.1. The summed E-state index contributed by atoms with van der Waals surface area (Å²) < 4.78 is 24.8. The van der Waals surface area contributed by atoms with Gasteiger partial charge in [-0.1, -0.05) is 35.8 Å². The Morgan fingerprint density at radius 2 is 2.00 bits per heavy atom. The lowest BCUT2D eigenvalue weighted by molar-refractivity contribution is -0.122. The molecule has 7 heteroatoms. The van der Waals surface area contributed by atoms with Crippen LogP contribution in [0.4, 0.5) is 0 Å². The molecule has 1 rings (SSSR count). The fraction of sp³-hybridized carbons (Fsp3) is 0.417. The van der Waals surface area contributed by atoms with Crippen LogP contribution >= 0.6 is 15.9 Å². The van der Waals surface area contributed by atoms with Crippen molar-refractivity contribution in [1.29, 1.82) is 0 Å². The number of benzene rings is 1. The van der Waals surface area contributed by atoms with E-state index in [-0.39, 0.29) is 23.1 Å². The van der Waals surface area contributed by atoms with Gasteiger partial charge in [0.1, 0.15) is 0 Å². The molecule has 0 fully saturated rings. The predicted octanol–water partition coefficient (Wildman–Crippen LogP) is 2.11. The molecule has 1 amide bonds. The molecule has 0 saturated heterocycles. The van der Waals surface area contributed by atoms with Gasteiger partial charge in [0, 0.05) is 10.9 Å². The average Bonchev–Trinajstić information content (AvgIpc) is 2.29. The van der Waals surface area contributed by atoms with Crippen molar-refractivity contribution >= 4 is 31.9 Å². The van der Waals surface area contributed by atoms with Gasteiger partial charge in [-0.05, 0) is 30.5 Å². The number of hydrogen-bond acceptors (Lipinski definition) is 3. The van der Waals surface area contributed by atoms with E-state index in [1.807, 2.05) is 13.8 Å². The van der Waals surface area contributed by atoms with Crippen LogP contribution < -0.4 is 10.3 Å². The van der Waals surface area contributed by atoms with Gasteiger partial charge in [-0.15, -0.1) is 4.83 Å². The minimum absolute atomic E-state index is 0.131. The third-order valence-corrected chi connectivity index (χ3v) is 4.24. The zero-order valence-electron chi connectivity index (χ0n) is 11.0. The first-order chi connectivity index (χ1) is 8.72. The van der Waals surface area contributed by atoms with Crippen LogP contribution in [0.1, 0.15) is 25.8 Å². The molecule has 0 aliphatic carbocycles. The summed E-state index contributed by atoms with van der Waals surface area (Å²) in [6.07, 6.45) is 0.264. The van der Waals surface area contributed by atoms with Crippen LogP contribution in [-0.2, 0) is 14.8 Å². The minimum Gasteiger partial charge on any atom is -0.278 e. The van der Waals surface area contributed by atoms with E-state index in [1.165, 1.54) is 6.07 Å². The second-order valence-electron chi connectivity index (χ2n) is 4.66. The molecular weight excluding hydrogens is 332 g/mol. The highest BCUT2D eigenvalue weighted by molar-refractivity contribution is 9.10. The zero-order valence-corrected chi connectivity index (χ0v) is 13.4. The summed E-state index contributed by atoms with van der Waals surface area (Å²) in [6, 6.07) is 4.94. The molecular formula is C12H17BrN2O3S. The number of nitrogens with one attached hydrogen (secondary N) is 2. The summed E-state index contributed by atoms with van der Waals surface area (Å²) in [6.45, 7) is 5.45. The van der Waals surface area contributed by atoms with Crippen molar-refractivity contribution in [2.24, 2.45) is 5.92 Å². The van der Waals surface area contributed by atoms with Gasteiger partial charge >= 0.3 is 0 Å². The monoisotopic (exact) mass is 348 g/mol. The Morgan fingerprint density at radius 1 is 1.37 bits per heavy atom. The summed E-state index contributed by atoms with van der Waals surface area (Å²) in [5.41, 5.74) is 2.81. The molecule has 1 aromatic carbocycles. The van der Waals surface area contributed by atoms with Crippen LogP contribution in [-0.4, -0.2) is 14.3 Å². The first-order valence-corrected chi connectivity index (χ1v) is 8.07. The van der Waals surface area contributed by atoms with Gasteiger partial charge in [0.2, 0.25) is 5.91 Å². The van der Waals surface area contributed by atoms with Gasteiger partial charge in [-0.2, -0.15) is 0 Å². The molecule has 0 aliphatic rings. The van der Waals surface area contributed by atoms with E-state index in [4.69, 9.17) is 0 Å². The fourth-order valence-corrected chi connectivity index (χ4v) is 3.11. The van der Waals surface area contributed by atoms with Crippen molar-refractivity contribution in [1.82, 2.24) is 10.3 Å². The summed E-state index contributed by atoms with van der Waals surface area (Å²) in [4.78, 5) is 13.7. The number of hydrazine groups is 1. The Morgan fingerprint density at radius 3 is 2.58 bits per heavy atom. The van der Waals surface area contributed by atoms with Crippen molar-refractivity contribution in [3.8, 4) is 0 Å². The fourth-order valence-electron chi connectivity index (χ4n) is 1.46. The van der Waals surface area contributed by atoms with E-state index in [2.05, 4.69) is 26.2 Å². The van der Waals surface area contributed by atoms with Gasteiger partial charge in [0.05, 0.1) is 4.90 Å². The van der Waals surface area contributed by atoms with Gasteiger partial charge in [0.15, 0.2) is 0 Å². The van der Waals surface area contributed by atoms with Gasteiger partial charge in [0.25, 0.3) is 10.0 Å². The van der Waals surface area contributed by atoms with Crippen molar-refractivity contribution in [2.45, 2.75) is 32.1 Å². The Labute approximate surface area is 121 Å². The predicted molar refractivity (Wildman–Crippen MR) is 76.8 cm³/mol. The van der Waals surface area contributed by atoms with Crippen LogP contribution in [0.25, 0.3) is 0 Å². The molecule has 106 valence electrons. The number of sulfonamides is 1. The molecule has 0 aromatic heterocycles. The first kappa shape index (κ1) is 16.1. The van der Waals surface area contributed by atoms with Crippen LogP contribution in [0.5, 0.6) is 0 Å². The summed E-state index contributed by atoms with van der Waals surface area (Å²) in [5, 5.41) is 0. The van der Waals surface area contributed by atoms with Gasteiger partial charge < -0.3 is 0 Å².